The Labute approximate surface area is 111 Å². The monoisotopic (exact) mass is 266 g/mol. The lowest BCUT2D eigenvalue weighted by atomic mass is 10.0. The average Bonchev–Trinajstić information content (AvgIpc) is 2.34. The topological polar surface area (TPSA) is 113 Å². The number of hydrogen-bond acceptors (Lipinski definition) is 4. The lowest BCUT2D eigenvalue weighted by Gasteiger charge is -2.22. The highest BCUT2D eigenvalue weighted by Gasteiger charge is 2.26. The van der Waals surface area contributed by atoms with Crippen molar-refractivity contribution in [3.8, 4) is 0 Å². The van der Waals surface area contributed by atoms with E-state index in [0.29, 0.717) is 5.56 Å². The fourth-order valence-corrected chi connectivity index (χ4v) is 1.59. The second kappa shape index (κ2) is 6.31. The number of carboxylic acids is 1. The van der Waals surface area contributed by atoms with E-state index in [9.17, 15) is 14.7 Å². The van der Waals surface area contributed by atoms with Crippen LogP contribution in [0.5, 0.6) is 0 Å². The van der Waals surface area contributed by atoms with Crippen molar-refractivity contribution < 1.29 is 19.8 Å². The zero-order chi connectivity index (χ0) is 14.5. The summed E-state index contributed by atoms with van der Waals surface area (Å²) in [4.78, 5) is 22.3. The molecule has 0 heterocycles. The van der Waals surface area contributed by atoms with Crippen molar-refractivity contribution in [2.75, 3.05) is 6.54 Å². The average molecular weight is 266 g/mol. The van der Waals surface area contributed by atoms with E-state index < -0.39 is 29.9 Å². The maximum absolute atomic E-state index is 11.8. The number of carboxylic acid groups (broad SMARTS) is 1. The van der Waals surface area contributed by atoms with Crippen LogP contribution in [0, 0.1) is 0 Å². The van der Waals surface area contributed by atoms with Gasteiger partial charge in [0.25, 0.3) is 0 Å². The first-order valence-electron chi connectivity index (χ1n) is 5.84. The van der Waals surface area contributed by atoms with E-state index in [4.69, 9.17) is 10.8 Å². The molecule has 0 aromatic heterocycles. The summed E-state index contributed by atoms with van der Waals surface area (Å²) in [7, 11) is 0. The maximum atomic E-state index is 11.8. The number of benzene rings is 1. The van der Waals surface area contributed by atoms with E-state index in [1.54, 1.807) is 24.3 Å². The summed E-state index contributed by atoms with van der Waals surface area (Å²) in [5.41, 5.74) is 4.91. The highest BCUT2D eigenvalue weighted by atomic mass is 16.4. The second-order valence-corrected chi connectivity index (χ2v) is 4.67. The van der Waals surface area contributed by atoms with Crippen LogP contribution in [0.25, 0.3) is 0 Å². The van der Waals surface area contributed by atoms with Gasteiger partial charge in [-0.05, 0) is 12.5 Å². The largest absolute Gasteiger partial charge is 0.481 e. The highest BCUT2D eigenvalue weighted by Crippen LogP contribution is 2.11. The molecule has 0 spiro atoms. The number of aliphatic hydroxyl groups is 1. The van der Waals surface area contributed by atoms with Gasteiger partial charge in [-0.3, -0.25) is 9.59 Å². The van der Waals surface area contributed by atoms with Crippen LogP contribution in [0.3, 0.4) is 0 Å². The first-order chi connectivity index (χ1) is 8.82. The van der Waals surface area contributed by atoms with Gasteiger partial charge in [0.15, 0.2) is 0 Å². The minimum Gasteiger partial charge on any atom is -0.481 e. The molecule has 1 aromatic rings. The second-order valence-electron chi connectivity index (χ2n) is 4.67. The molecule has 0 aliphatic carbocycles. The van der Waals surface area contributed by atoms with Crippen LogP contribution in [0.4, 0.5) is 0 Å². The Bertz CT molecular complexity index is 445. The summed E-state index contributed by atoms with van der Waals surface area (Å²) in [6.45, 7) is 1.17. The molecular weight excluding hydrogens is 248 g/mol. The molecule has 6 heteroatoms. The Kier molecular flexibility index (Phi) is 5.02. The van der Waals surface area contributed by atoms with Gasteiger partial charge in [-0.1, -0.05) is 30.3 Å². The molecule has 104 valence electrons. The molecule has 5 N–H and O–H groups in total. The van der Waals surface area contributed by atoms with Crippen molar-refractivity contribution in [1.29, 1.82) is 0 Å². The number of hydrogen-bond donors (Lipinski definition) is 4. The van der Waals surface area contributed by atoms with Gasteiger partial charge in [-0.25, -0.2) is 0 Å². The molecule has 1 rings (SSSR count). The standard InChI is InChI=1S/C13H18N2O4/c1-13(19,7-10(16)17)8-15-12(18)11(14)9-5-3-2-4-6-9/h2-6,11,19H,7-8,14H2,1H3,(H,15,18)(H,16,17). The number of rotatable bonds is 6. The van der Waals surface area contributed by atoms with Crippen molar-refractivity contribution in [1.82, 2.24) is 5.32 Å². The predicted octanol–water partition coefficient (Wildman–Crippen LogP) is 0.0283. The SMILES string of the molecule is CC(O)(CNC(=O)C(N)c1ccccc1)CC(=O)O. The van der Waals surface area contributed by atoms with Crippen LogP contribution in [-0.2, 0) is 9.59 Å². The summed E-state index contributed by atoms with van der Waals surface area (Å²) >= 11 is 0. The van der Waals surface area contributed by atoms with Crippen molar-refractivity contribution >= 4 is 11.9 Å². The van der Waals surface area contributed by atoms with Crippen molar-refractivity contribution in [2.24, 2.45) is 5.73 Å². The molecule has 1 aromatic carbocycles. The van der Waals surface area contributed by atoms with Crippen LogP contribution in [0.15, 0.2) is 30.3 Å². The van der Waals surface area contributed by atoms with E-state index in [-0.39, 0.29) is 6.54 Å². The Hall–Kier alpha value is -1.92. The molecule has 2 atom stereocenters. The van der Waals surface area contributed by atoms with Gasteiger partial charge in [0.05, 0.1) is 12.0 Å². The van der Waals surface area contributed by atoms with E-state index in [1.165, 1.54) is 6.92 Å². The maximum Gasteiger partial charge on any atom is 0.306 e. The predicted molar refractivity (Wildman–Crippen MR) is 69.3 cm³/mol. The van der Waals surface area contributed by atoms with Crippen molar-refractivity contribution in [3.63, 3.8) is 0 Å². The van der Waals surface area contributed by atoms with E-state index in [1.807, 2.05) is 6.07 Å². The third-order valence-electron chi connectivity index (χ3n) is 2.62. The summed E-state index contributed by atoms with van der Waals surface area (Å²) in [6.07, 6.45) is -0.451. The number of amides is 1. The summed E-state index contributed by atoms with van der Waals surface area (Å²) in [6, 6.07) is 7.94. The molecule has 1 amide bonds. The lowest BCUT2D eigenvalue weighted by Crippen LogP contribution is -2.44. The molecule has 0 saturated carbocycles. The molecule has 19 heavy (non-hydrogen) atoms. The number of nitrogens with two attached hydrogens (primary N) is 1. The Morgan fingerprint density at radius 2 is 1.95 bits per heavy atom. The van der Waals surface area contributed by atoms with Gasteiger partial charge in [0.2, 0.25) is 5.91 Å². The van der Waals surface area contributed by atoms with E-state index >= 15 is 0 Å². The zero-order valence-corrected chi connectivity index (χ0v) is 10.7. The molecular formula is C13H18N2O4. The van der Waals surface area contributed by atoms with Gasteiger partial charge >= 0.3 is 5.97 Å². The smallest absolute Gasteiger partial charge is 0.306 e. The van der Waals surface area contributed by atoms with Crippen molar-refractivity contribution in [2.45, 2.75) is 25.0 Å². The first-order valence-corrected chi connectivity index (χ1v) is 5.84. The molecule has 2 unspecified atom stereocenters. The number of nitrogens with one attached hydrogen (secondary N) is 1. The minimum atomic E-state index is -1.50. The van der Waals surface area contributed by atoms with Crippen LogP contribution in [-0.4, -0.2) is 34.2 Å². The Morgan fingerprint density at radius 1 is 1.37 bits per heavy atom. The van der Waals surface area contributed by atoms with Gasteiger partial charge in [-0.15, -0.1) is 0 Å². The van der Waals surface area contributed by atoms with Crippen LogP contribution >= 0.6 is 0 Å². The van der Waals surface area contributed by atoms with Gasteiger partial charge in [-0.2, -0.15) is 0 Å². The molecule has 0 radical (unpaired) electrons. The first kappa shape index (κ1) is 15.1. The normalized spacial score (nSPS) is 15.3. The molecule has 6 nitrogen and oxygen atoms in total. The van der Waals surface area contributed by atoms with Gasteiger partial charge in [0.1, 0.15) is 6.04 Å². The molecule has 0 aliphatic rings. The highest BCUT2D eigenvalue weighted by molar-refractivity contribution is 5.83. The number of carbonyl (C=O) groups excluding carboxylic acids is 1. The fraction of sp³-hybridized carbons (Fsp3) is 0.385. The van der Waals surface area contributed by atoms with E-state index in [2.05, 4.69) is 5.32 Å². The van der Waals surface area contributed by atoms with Gasteiger partial charge in [0, 0.05) is 6.54 Å². The lowest BCUT2D eigenvalue weighted by molar-refractivity contribution is -0.142. The number of carbonyl (C=O) groups is 2. The Balaban J connectivity index is 2.54. The summed E-state index contributed by atoms with van der Waals surface area (Å²) in [5, 5.41) is 20.8. The quantitative estimate of drug-likeness (QED) is 0.580. The van der Waals surface area contributed by atoms with E-state index in [0.717, 1.165) is 0 Å². The summed E-state index contributed by atoms with van der Waals surface area (Å²) < 4.78 is 0. The molecule has 0 fully saturated rings. The molecule has 0 aliphatic heterocycles. The van der Waals surface area contributed by atoms with Crippen LogP contribution < -0.4 is 11.1 Å². The van der Waals surface area contributed by atoms with Crippen LogP contribution in [0.2, 0.25) is 0 Å². The third-order valence-corrected chi connectivity index (χ3v) is 2.62. The summed E-state index contributed by atoms with van der Waals surface area (Å²) in [5.74, 6) is -1.59. The minimum absolute atomic E-state index is 0.168. The van der Waals surface area contributed by atoms with Crippen LogP contribution in [0.1, 0.15) is 24.9 Å². The van der Waals surface area contributed by atoms with Gasteiger partial charge < -0.3 is 21.3 Å². The Morgan fingerprint density at radius 3 is 2.47 bits per heavy atom. The molecule has 0 bridgehead atoms. The fourth-order valence-electron chi connectivity index (χ4n) is 1.59. The molecule has 0 saturated heterocycles. The third kappa shape index (κ3) is 5.07. The van der Waals surface area contributed by atoms with Crippen molar-refractivity contribution in [3.05, 3.63) is 35.9 Å². The number of aliphatic carboxylic acids is 1. The zero-order valence-electron chi connectivity index (χ0n) is 10.7.